The van der Waals surface area contributed by atoms with E-state index in [2.05, 4.69) is 5.32 Å². The highest BCUT2D eigenvalue weighted by Gasteiger charge is 2.38. The van der Waals surface area contributed by atoms with E-state index in [1.807, 2.05) is 37.3 Å². The summed E-state index contributed by atoms with van der Waals surface area (Å²) in [4.78, 5) is 0. The second-order valence-corrected chi connectivity index (χ2v) is 3.59. The molecule has 2 N–H and O–H groups in total. The largest absolute Gasteiger partial charge is 0.361 e. The zero-order valence-corrected chi connectivity index (χ0v) is 8.23. The van der Waals surface area contributed by atoms with Crippen molar-refractivity contribution in [2.45, 2.75) is 18.8 Å². The van der Waals surface area contributed by atoms with Gasteiger partial charge in [0.15, 0.2) is 0 Å². The first-order chi connectivity index (χ1) is 6.73. The lowest BCUT2D eigenvalue weighted by molar-refractivity contribution is -0.245. The molecule has 76 valence electrons. The molecule has 2 rings (SSSR count). The Kier molecular flexibility index (Phi) is 2.54. The Bertz CT molecular complexity index is 301. The predicted molar refractivity (Wildman–Crippen MR) is 53.8 cm³/mol. The molecule has 0 spiro atoms. The van der Waals surface area contributed by atoms with E-state index in [-0.39, 0.29) is 6.04 Å². The fourth-order valence-electron chi connectivity index (χ4n) is 1.76. The number of hydrogen-bond donors (Lipinski definition) is 2. The van der Waals surface area contributed by atoms with Gasteiger partial charge in [0.2, 0.25) is 5.79 Å². The van der Waals surface area contributed by atoms with Gasteiger partial charge in [-0.1, -0.05) is 30.3 Å². The van der Waals surface area contributed by atoms with Gasteiger partial charge in [0.1, 0.15) is 0 Å². The molecule has 1 aromatic carbocycles. The van der Waals surface area contributed by atoms with Crippen molar-refractivity contribution in [2.75, 3.05) is 13.2 Å². The van der Waals surface area contributed by atoms with Crippen molar-refractivity contribution in [2.24, 2.45) is 0 Å². The summed E-state index contributed by atoms with van der Waals surface area (Å²) in [6.45, 7) is 3.25. The van der Waals surface area contributed by atoms with Gasteiger partial charge < -0.3 is 15.2 Å². The minimum Gasteiger partial charge on any atom is -0.361 e. The van der Waals surface area contributed by atoms with E-state index >= 15 is 0 Å². The zero-order chi connectivity index (χ0) is 10.0. The molecule has 3 nitrogen and oxygen atoms in total. The van der Waals surface area contributed by atoms with Crippen LogP contribution >= 0.6 is 0 Å². The van der Waals surface area contributed by atoms with Gasteiger partial charge in [0.05, 0.1) is 12.6 Å². The minimum atomic E-state index is -1.18. The van der Waals surface area contributed by atoms with E-state index < -0.39 is 5.79 Å². The Hall–Kier alpha value is -0.900. The molecule has 0 saturated carbocycles. The summed E-state index contributed by atoms with van der Waals surface area (Å²) in [5, 5.41) is 13.5. The molecule has 1 heterocycles. The van der Waals surface area contributed by atoms with Crippen LogP contribution in [-0.4, -0.2) is 24.3 Å². The van der Waals surface area contributed by atoms with Crippen molar-refractivity contribution in [3.05, 3.63) is 35.9 Å². The van der Waals surface area contributed by atoms with Crippen LogP contribution < -0.4 is 5.32 Å². The van der Waals surface area contributed by atoms with Crippen molar-refractivity contribution < 1.29 is 9.84 Å². The highest BCUT2D eigenvalue weighted by molar-refractivity contribution is 5.22. The molecule has 1 fully saturated rings. The molecule has 0 amide bonds. The Morgan fingerprint density at radius 2 is 2.14 bits per heavy atom. The van der Waals surface area contributed by atoms with Crippen LogP contribution in [0.1, 0.15) is 12.5 Å². The van der Waals surface area contributed by atoms with Gasteiger partial charge in [0, 0.05) is 12.1 Å². The molecular weight excluding hydrogens is 178 g/mol. The number of ether oxygens (including phenoxy) is 1. The van der Waals surface area contributed by atoms with Crippen molar-refractivity contribution in [1.29, 1.82) is 0 Å². The topological polar surface area (TPSA) is 41.5 Å². The maximum absolute atomic E-state index is 10.3. The zero-order valence-electron chi connectivity index (χ0n) is 8.23. The molecule has 0 unspecified atom stereocenters. The van der Waals surface area contributed by atoms with Gasteiger partial charge in [-0.05, 0) is 6.92 Å². The average molecular weight is 193 g/mol. The molecule has 14 heavy (non-hydrogen) atoms. The van der Waals surface area contributed by atoms with Crippen molar-refractivity contribution >= 4 is 0 Å². The highest BCUT2D eigenvalue weighted by atomic mass is 16.6. The molecule has 1 aliphatic heterocycles. The molecule has 0 aromatic heterocycles. The molecule has 0 aliphatic carbocycles. The van der Waals surface area contributed by atoms with Crippen LogP contribution in [0.5, 0.6) is 0 Å². The monoisotopic (exact) mass is 193 g/mol. The first-order valence-corrected chi connectivity index (χ1v) is 4.89. The number of rotatable bonds is 1. The third-order valence-electron chi connectivity index (χ3n) is 2.65. The Morgan fingerprint density at radius 1 is 1.43 bits per heavy atom. The average Bonchev–Trinajstić information content (AvgIpc) is 2.24. The van der Waals surface area contributed by atoms with Gasteiger partial charge >= 0.3 is 0 Å². The smallest absolute Gasteiger partial charge is 0.208 e. The van der Waals surface area contributed by atoms with Gasteiger partial charge in [-0.15, -0.1) is 0 Å². The minimum absolute atomic E-state index is 0.0846. The van der Waals surface area contributed by atoms with E-state index in [4.69, 9.17) is 4.74 Å². The summed E-state index contributed by atoms with van der Waals surface area (Å²) in [5.74, 6) is -1.18. The van der Waals surface area contributed by atoms with E-state index in [0.29, 0.717) is 6.61 Å². The SMILES string of the molecule is C[C@@H]1NCCO[C@]1(O)c1ccccc1. The normalized spacial score (nSPS) is 32.9. The van der Waals surface area contributed by atoms with Crippen LogP contribution in [0.25, 0.3) is 0 Å². The molecule has 1 aromatic rings. The van der Waals surface area contributed by atoms with Crippen LogP contribution in [0.15, 0.2) is 30.3 Å². The maximum atomic E-state index is 10.3. The van der Waals surface area contributed by atoms with E-state index in [1.165, 1.54) is 0 Å². The van der Waals surface area contributed by atoms with Crippen LogP contribution in [0, 0.1) is 0 Å². The second-order valence-electron chi connectivity index (χ2n) is 3.59. The summed E-state index contributed by atoms with van der Waals surface area (Å²) in [5.41, 5.74) is 0.805. The Balaban J connectivity index is 2.30. The van der Waals surface area contributed by atoms with Gasteiger partial charge in [-0.3, -0.25) is 0 Å². The Morgan fingerprint density at radius 3 is 2.79 bits per heavy atom. The molecule has 1 saturated heterocycles. The number of nitrogens with one attached hydrogen (secondary N) is 1. The molecule has 1 aliphatic rings. The Labute approximate surface area is 83.7 Å². The third-order valence-corrected chi connectivity index (χ3v) is 2.65. The van der Waals surface area contributed by atoms with Crippen LogP contribution in [0.4, 0.5) is 0 Å². The van der Waals surface area contributed by atoms with Crippen molar-refractivity contribution in [3.8, 4) is 0 Å². The van der Waals surface area contributed by atoms with Gasteiger partial charge in [0.25, 0.3) is 0 Å². The lowest BCUT2D eigenvalue weighted by Crippen LogP contribution is -2.54. The fourth-order valence-corrected chi connectivity index (χ4v) is 1.76. The standard InChI is InChI=1S/C11H15NO2/c1-9-11(13,14-8-7-12-9)10-5-3-2-4-6-10/h2-6,9,12-13H,7-8H2,1H3/t9-,11-/m0/s1. The predicted octanol–water partition coefficient (Wildman–Crippen LogP) is 0.840. The van der Waals surface area contributed by atoms with Crippen LogP contribution in [-0.2, 0) is 10.5 Å². The van der Waals surface area contributed by atoms with E-state index in [1.54, 1.807) is 0 Å². The van der Waals surface area contributed by atoms with Gasteiger partial charge in [-0.25, -0.2) is 0 Å². The third kappa shape index (κ3) is 1.54. The van der Waals surface area contributed by atoms with E-state index in [9.17, 15) is 5.11 Å². The summed E-state index contributed by atoms with van der Waals surface area (Å²) in [6.07, 6.45) is 0. The molecule has 3 heteroatoms. The number of aliphatic hydroxyl groups is 1. The quantitative estimate of drug-likeness (QED) is 0.694. The van der Waals surface area contributed by atoms with Crippen LogP contribution in [0.3, 0.4) is 0 Å². The first kappa shape index (κ1) is 9.65. The van der Waals surface area contributed by atoms with E-state index in [0.717, 1.165) is 12.1 Å². The highest BCUT2D eigenvalue weighted by Crippen LogP contribution is 2.28. The molecule has 0 radical (unpaired) electrons. The number of morpholine rings is 1. The summed E-state index contributed by atoms with van der Waals surface area (Å²) in [6, 6.07) is 9.40. The summed E-state index contributed by atoms with van der Waals surface area (Å²) >= 11 is 0. The van der Waals surface area contributed by atoms with Crippen molar-refractivity contribution in [1.82, 2.24) is 5.32 Å². The second kappa shape index (κ2) is 3.69. The maximum Gasteiger partial charge on any atom is 0.208 e. The van der Waals surface area contributed by atoms with Gasteiger partial charge in [-0.2, -0.15) is 0 Å². The lowest BCUT2D eigenvalue weighted by atomic mass is 9.98. The molecule has 2 atom stereocenters. The summed E-state index contributed by atoms with van der Waals surface area (Å²) in [7, 11) is 0. The molecular formula is C11H15NO2. The number of benzene rings is 1. The lowest BCUT2D eigenvalue weighted by Gasteiger charge is -2.38. The first-order valence-electron chi connectivity index (χ1n) is 4.89. The molecule has 0 bridgehead atoms. The fraction of sp³-hybridized carbons (Fsp3) is 0.455. The van der Waals surface area contributed by atoms with Crippen molar-refractivity contribution in [3.63, 3.8) is 0 Å². The number of hydrogen-bond acceptors (Lipinski definition) is 3. The summed E-state index contributed by atoms with van der Waals surface area (Å²) < 4.78 is 5.46. The van der Waals surface area contributed by atoms with Crippen LogP contribution in [0.2, 0.25) is 0 Å².